The van der Waals surface area contributed by atoms with Crippen LogP contribution in [0.4, 0.5) is 0 Å². The van der Waals surface area contributed by atoms with Crippen LogP contribution in [-0.4, -0.2) is 9.97 Å². The monoisotopic (exact) mass is 238 g/mol. The van der Waals surface area contributed by atoms with Crippen LogP contribution in [0.25, 0.3) is 11.3 Å². The SMILES string of the molecule is Cc1cnc(Cl)nc1-c1ccccc1Cl. The molecule has 0 radical (unpaired) electrons. The Bertz CT molecular complexity index is 498. The summed E-state index contributed by atoms with van der Waals surface area (Å²) >= 11 is 11.8. The van der Waals surface area contributed by atoms with Gasteiger partial charge in [-0.25, -0.2) is 9.97 Å². The van der Waals surface area contributed by atoms with Gasteiger partial charge in [0, 0.05) is 16.8 Å². The highest BCUT2D eigenvalue weighted by Crippen LogP contribution is 2.28. The molecule has 1 heterocycles. The summed E-state index contributed by atoms with van der Waals surface area (Å²) in [5.41, 5.74) is 2.61. The maximum Gasteiger partial charge on any atom is 0.222 e. The van der Waals surface area contributed by atoms with E-state index in [-0.39, 0.29) is 5.28 Å². The molecule has 0 amide bonds. The van der Waals surface area contributed by atoms with Crippen LogP contribution in [0.5, 0.6) is 0 Å². The summed E-state index contributed by atoms with van der Waals surface area (Å²) in [7, 11) is 0. The molecule has 0 atom stereocenters. The Balaban J connectivity index is 2.64. The van der Waals surface area contributed by atoms with Crippen molar-refractivity contribution in [1.82, 2.24) is 9.97 Å². The number of aromatic nitrogens is 2. The van der Waals surface area contributed by atoms with Crippen LogP contribution in [0, 0.1) is 6.92 Å². The van der Waals surface area contributed by atoms with E-state index in [1.54, 1.807) is 6.20 Å². The van der Waals surface area contributed by atoms with Crippen molar-refractivity contribution in [3.8, 4) is 11.3 Å². The van der Waals surface area contributed by atoms with Gasteiger partial charge in [0.1, 0.15) is 0 Å². The van der Waals surface area contributed by atoms with E-state index in [0.29, 0.717) is 5.02 Å². The van der Waals surface area contributed by atoms with Gasteiger partial charge in [-0.05, 0) is 30.2 Å². The first-order chi connectivity index (χ1) is 7.18. The van der Waals surface area contributed by atoms with Crippen molar-refractivity contribution >= 4 is 23.2 Å². The Morgan fingerprint density at radius 2 is 1.87 bits per heavy atom. The first-order valence-electron chi connectivity index (χ1n) is 4.42. The molecule has 0 aliphatic carbocycles. The number of rotatable bonds is 1. The van der Waals surface area contributed by atoms with Crippen molar-refractivity contribution in [2.75, 3.05) is 0 Å². The highest BCUT2D eigenvalue weighted by Gasteiger charge is 2.08. The van der Waals surface area contributed by atoms with Gasteiger partial charge in [0.05, 0.1) is 5.69 Å². The van der Waals surface area contributed by atoms with E-state index in [1.165, 1.54) is 0 Å². The van der Waals surface area contributed by atoms with E-state index in [2.05, 4.69) is 9.97 Å². The van der Waals surface area contributed by atoms with Crippen molar-refractivity contribution in [2.24, 2.45) is 0 Å². The molecular weight excluding hydrogens is 231 g/mol. The smallest absolute Gasteiger partial charge is 0.222 e. The molecule has 15 heavy (non-hydrogen) atoms. The second kappa shape index (κ2) is 4.17. The Hall–Kier alpha value is -1.12. The molecule has 0 saturated carbocycles. The van der Waals surface area contributed by atoms with E-state index in [1.807, 2.05) is 31.2 Å². The van der Waals surface area contributed by atoms with Crippen molar-refractivity contribution in [3.63, 3.8) is 0 Å². The third kappa shape index (κ3) is 2.11. The lowest BCUT2D eigenvalue weighted by Gasteiger charge is -2.06. The van der Waals surface area contributed by atoms with Gasteiger partial charge in [0.25, 0.3) is 0 Å². The molecule has 1 aromatic carbocycles. The summed E-state index contributed by atoms with van der Waals surface area (Å²) in [5.74, 6) is 0. The second-order valence-corrected chi connectivity index (χ2v) is 3.90. The Labute approximate surface area is 97.9 Å². The van der Waals surface area contributed by atoms with Crippen LogP contribution in [0.1, 0.15) is 5.56 Å². The third-order valence-electron chi connectivity index (χ3n) is 2.07. The average molecular weight is 239 g/mol. The molecule has 0 N–H and O–H groups in total. The molecule has 76 valence electrons. The Morgan fingerprint density at radius 1 is 1.13 bits per heavy atom. The fourth-order valence-electron chi connectivity index (χ4n) is 1.35. The lowest BCUT2D eigenvalue weighted by atomic mass is 10.1. The molecule has 2 aromatic rings. The quantitative estimate of drug-likeness (QED) is 0.708. The summed E-state index contributed by atoms with van der Waals surface area (Å²) in [6, 6.07) is 7.53. The van der Waals surface area contributed by atoms with Crippen molar-refractivity contribution < 1.29 is 0 Å². The first-order valence-corrected chi connectivity index (χ1v) is 5.18. The summed E-state index contributed by atoms with van der Waals surface area (Å²) in [6.07, 6.45) is 1.69. The molecule has 2 rings (SSSR count). The molecule has 0 fully saturated rings. The third-order valence-corrected chi connectivity index (χ3v) is 2.58. The van der Waals surface area contributed by atoms with Gasteiger partial charge in [-0.3, -0.25) is 0 Å². The summed E-state index contributed by atoms with van der Waals surface area (Å²) in [5, 5.41) is 0.894. The fraction of sp³-hybridized carbons (Fsp3) is 0.0909. The predicted octanol–water partition coefficient (Wildman–Crippen LogP) is 3.76. The van der Waals surface area contributed by atoms with E-state index < -0.39 is 0 Å². The maximum absolute atomic E-state index is 6.08. The van der Waals surface area contributed by atoms with Gasteiger partial charge in [0.2, 0.25) is 5.28 Å². The summed E-state index contributed by atoms with van der Waals surface area (Å²) in [6.45, 7) is 1.93. The Morgan fingerprint density at radius 3 is 2.60 bits per heavy atom. The minimum Gasteiger partial charge on any atom is -0.226 e. The number of hydrogen-bond donors (Lipinski definition) is 0. The normalized spacial score (nSPS) is 10.3. The number of hydrogen-bond acceptors (Lipinski definition) is 2. The highest BCUT2D eigenvalue weighted by atomic mass is 35.5. The van der Waals surface area contributed by atoms with Crippen LogP contribution in [0.3, 0.4) is 0 Å². The minimum absolute atomic E-state index is 0.232. The van der Waals surface area contributed by atoms with E-state index in [4.69, 9.17) is 23.2 Å². The van der Waals surface area contributed by atoms with Crippen molar-refractivity contribution in [2.45, 2.75) is 6.92 Å². The molecule has 0 saturated heterocycles. The highest BCUT2D eigenvalue weighted by molar-refractivity contribution is 6.33. The zero-order valence-corrected chi connectivity index (χ0v) is 9.55. The van der Waals surface area contributed by atoms with Crippen molar-refractivity contribution in [3.05, 3.63) is 46.3 Å². The zero-order valence-electron chi connectivity index (χ0n) is 8.04. The predicted molar refractivity (Wildman–Crippen MR) is 62.2 cm³/mol. The van der Waals surface area contributed by atoms with E-state index in [0.717, 1.165) is 16.8 Å². The zero-order chi connectivity index (χ0) is 10.8. The second-order valence-electron chi connectivity index (χ2n) is 3.15. The number of halogens is 2. The first kappa shape index (κ1) is 10.4. The Kier molecular flexibility index (Phi) is 2.89. The van der Waals surface area contributed by atoms with Crippen LogP contribution >= 0.6 is 23.2 Å². The molecule has 4 heteroatoms. The van der Waals surface area contributed by atoms with Gasteiger partial charge in [-0.15, -0.1) is 0 Å². The molecule has 0 bridgehead atoms. The summed E-state index contributed by atoms with van der Waals surface area (Å²) < 4.78 is 0. The van der Waals surface area contributed by atoms with Crippen LogP contribution in [-0.2, 0) is 0 Å². The van der Waals surface area contributed by atoms with Gasteiger partial charge in [0.15, 0.2) is 0 Å². The number of nitrogens with zero attached hydrogens (tertiary/aromatic N) is 2. The van der Waals surface area contributed by atoms with E-state index in [9.17, 15) is 0 Å². The minimum atomic E-state index is 0.232. The average Bonchev–Trinajstić information content (AvgIpc) is 2.23. The van der Waals surface area contributed by atoms with Gasteiger partial charge in [-0.1, -0.05) is 29.8 Å². The number of benzene rings is 1. The largest absolute Gasteiger partial charge is 0.226 e. The molecule has 0 spiro atoms. The fourth-order valence-corrected chi connectivity index (χ4v) is 1.70. The van der Waals surface area contributed by atoms with E-state index >= 15 is 0 Å². The van der Waals surface area contributed by atoms with Crippen LogP contribution in [0.2, 0.25) is 10.3 Å². The topological polar surface area (TPSA) is 25.8 Å². The summed E-state index contributed by atoms with van der Waals surface area (Å²) in [4.78, 5) is 8.08. The molecule has 0 aliphatic heterocycles. The molecule has 0 unspecified atom stereocenters. The van der Waals surface area contributed by atoms with Crippen LogP contribution in [0.15, 0.2) is 30.5 Å². The standard InChI is InChI=1S/C11H8Cl2N2/c1-7-6-14-11(13)15-10(7)8-4-2-3-5-9(8)12/h2-6H,1H3. The van der Waals surface area contributed by atoms with Gasteiger partial charge < -0.3 is 0 Å². The molecule has 1 aromatic heterocycles. The van der Waals surface area contributed by atoms with Gasteiger partial charge in [-0.2, -0.15) is 0 Å². The molecule has 2 nitrogen and oxygen atoms in total. The number of aryl methyl sites for hydroxylation is 1. The van der Waals surface area contributed by atoms with Crippen LogP contribution < -0.4 is 0 Å². The molecular formula is C11H8Cl2N2. The lowest BCUT2D eigenvalue weighted by Crippen LogP contribution is -1.92. The maximum atomic E-state index is 6.08. The van der Waals surface area contributed by atoms with Gasteiger partial charge >= 0.3 is 0 Å². The lowest BCUT2D eigenvalue weighted by molar-refractivity contribution is 1.13. The van der Waals surface area contributed by atoms with Crippen molar-refractivity contribution in [1.29, 1.82) is 0 Å². The molecule has 0 aliphatic rings.